The van der Waals surface area contributed by atoms with Crippen molar-refractivity contribution in [3.8, 4) is 28.7 Å². The van der Waals surface area contributed by atoms with E-state index in [-0.39, 0.29) is 11.3 Å². The lowest BCUT2D eigenvalue weighted by Crippen LogP contribution is -2.05. The van der Waals surface area contributed by atoms with Crippen LogP contribution in [0.5, 0.6) is 11.5 Å². The van der Waals surface area contributed by atoms with Gasteiger partial charge in [0.15, 0.2) is 0 Å². The first-order valence-electron chi connectivity index (χ1n) is 8.36. The zero-order valence-electron chi connectivity index (χ0n) is 15.2. The lowest BCUT2D eigenvalue weighted by Gasteiger charge is -2.08. The van der Waals surface area contributed by atoms with Crippen LogP contribution >= 0.6 is 0 Å². The first kappa shape index (κ1) is 19.7. The average Bonchev–Trinajstić information content (AvgIpc) is 3.00. The molecule has 0 aliphatic rings. The minimum atomic E-state index is -1.11. The summed E-state index contributed by atoms with van der Waals surface area (Å²) >= 11 is 0. The number of aromatic carboxylic acids is 1. The fourth-order valence-electron chi connectivity index (χ4n) is 2.62. The quantitative estimate of drug-likeness (QED) is 0.687. The van der Waals surface area contributed by atoms with Gasteiger partial charge in [0.05, 0.1) is 5.56 Å². The fourth-order valence-corrected chi connectivity index (χ4v) is 2.62. The molecule has 5 nitrogen and oxygen atoms in total. The maximum Gasteiger partial charge on any atom is 0.353 e. The molecule has 1 heterocycles. The van der Waals surface area contributed by atoms with E-state index < -0.39 is 11.8 Å². The molecule has 0 spiro atoms. The van der Waals surface area contributed by atoms with Crippen molar-refractivity contribution in [2.45, 2.75) is 13.8 Å². The van der Waals surface area contributed by atoms with Gasteiger partial charge in [0.1, 0.15) is 29.1 Å². The van der Waals surface area contributed by atoms with Crippen molar-refractivity contribution < 1.29 is 19.0 Å². The van der Waals surface area contributed by atoms with Crippen molar-refractivity contribution >= 4 is 5.97 Å². The Morgan fingerprint density at radius 2 is 1.81 bits per heavy atom. The fraction of sp³-hybridized carbons (Fsp3) is 0.143. The lowest BCUT2D eigenvalue weighted by atomic mass is 10.0. The van der Waals surface area contributed by atoms with Crippen LogP contribution in [0.3, 0.4) is 0 Å². The third kappa shape index (κ3) is 4.33. The average molecular weight is 366 g/mol. The molecule has 0 atom stereocenters. The van der Waals surface area contributed by atoms with Gasteiger partial charge in [0.2, 0.25) is 0 Å². The first-order chi connectivity index (χ1) is 13.0. The molecule has 0 saturated carbocycles. The smallest absolute Gasteiger partial charge is 0.353 e. The number of nitriles is 1. The molecule has 2 aromatic carbocycles. The minimum absolute atomic E-state index is 0.0374. The zero-order chi connectivity index (χ0) is 20.0. The topological polar surface area (TPSA) is 75.2 Å². The molecule has 3 rings (SSSR count). The van der Waals surface area contributed by atoms with E-state index in [1.54, 1.807) is 43.4 Å². The van der Waals surface area contributed by atoms with Gasteiger partial charge >= 0.3 is 5.97 Å². The van der Waals surface area contributed by atoms with Crippen LogP contribution in [0.4, 0.5) is 4.39 Å². The Kier molecular flexibility index (Phi) is 6.34. The number of aryl methyl sites for hydroxylation is 1. The maximum absolute atomic E-state index is 13.2. The molecule has 138 valence electrons. The predicted molar refractivity (Wildman–Crippen MR) is 100 cm³/mol. The summed E-state index contributed by atoms with van der Waals surface area (Å²) in [5.41, 5.74) is 1.25. The number of halogens is 1. The minimum Gasteiger partial charge on any atom is -0.477 e. The maximum atomic E-state index is 13.2. The van der Waals surface area contributed by atoms with Crippen molar-refractivity contribution in [3.63, 3.8) is 0 Å². The number of hydrogen-bond donors (Lipinski definition) is 1. The molecular weight excluding hydrogens is 347 g/mol. The molecule has 6 heteroatoms. The second kappa shape index (κ2) is 8.68. The highest BCUT2D eigenvalue weighted by Crippen LogP contribution is 2.31. The molecular formula is C21H19FN2O3. The van der Waals surface area contributed by atoms with E-state index in [4.69, 9.17) is 4.74 Å². The monoisotopic (exact) mass is 366 g/mol. The Bertz CT molecular complexity index is 986. The third-order valence-electron chi connectivity index (χ3n) is 3.68. The summed E-state index contributed by atoms with van der Waals surface area (Å²) in [7, 11) is 1.58. The second-order valence-corrected chi connectivity index (χ2v) is 5.38. The molecule has 0 aliphatic carbocycles. The van der Waals surface area contributed by atoms with Crippen LogP contribution in [0.1, 0.15) is 29.9 Å². The number of benzene rings is 2. The summed E-state index contributed by atoms with van der Waals surface area (Å²) in [5, 5.41) is 18.7. The van der Waals surface area contributed by atoms with E-state index in [0.717, 1.165) is 0 Å². The van der Waals surface area contributed by atoms with Crippen molar-refractivity contribution in [3.05, 3.63) is 71.8 Å². The summed E-state index contributed by atoms with van der Waals surface area (Å²) in [4.78, 5) is 11.5. The highest BCUT2D eigenvalue weighted by molar-refractivity contribution is 5.96. The van der Waals surface area contributed by atoms with Crippen LogP contribution in [0.25, 0.3) is 11.1 Å². The van der Waals surface area contributed by atoms with Crippen molar-refractivity contribution in [2.75, 3.05) is 0 Å². The van der Waals surface area contributed by atoms with Gasteiger partial charge in [0, 0.05) is 24.9 Å². The number of nitrogens with zero attached hydrogens (tertiary/aromatic N) is 2. The second-order valence-electron chi connectivity index (χ2n) is 5.38. The van der Waals surface area contributed by atoms with Crippen LogP contribution < -0.4 is 4.74 Å². The summed E-state index contributed by atoms with van der Waals surface area (Å²) in [6.07, 6.45) is 1.48. The predicted octanol–water partition coefficient (Wildman–Crippen LogP) is 5.22. The normalized spacial score (nSPS) is 9.74. The third-order valence-corrected chi connectivity index (χ3v) is 3.68. The molecule has 0 amide bonds. The van der Waals surface area contributed by atoms with Crippen molar-refractivity contribution in [1.29, 1.82) is 5.26 Å². The number of aromatic nitrogens is 1. The number of carbonyl (C=O) groups is 1. The number of carboxylic acid groups (broad SMARTS) is 1. The van der Waals surface area contributed by atoms with E-state index in [1.165, 1.54) is 22.9 Å². The Balaban J connectivity index is 0.00000126. The highest BCUT2D eigenvalue weighted by Gasteiger charge is 2.21. The molecule has 0 saturated heterocycles. The zero-order valence-corrected chi connectivity index (χ0v) is 15.2. The van der Waals surface area contributed by atoms with Crippen molar-refractivity contribution in [2.24, 2.45) is 7.05 Å². The van der Waals surface area contributed by atoms with E-state index in [1.807, 2.05) is 19.9 Å². The Hall–Kier alpha value is -3.59. The molecule has 1 N–H and O–H groups in total. The summed E-state index contributed by atoms with van der Waals surface area (Å²) < 4.78 is 20.2. The summed E-state index contributed by atoms with van der Waals surface area (Å²) in [5.74, 6) is -0.681. The van der Waals surface area contributed by atoms with Crippen LogP contribution in [-0.2, 0) is 7.05 Å². The van der Waals surface area contributed by atoms with Gasteiger partial charge in [-0.05, 0) is 29.8 Å². The summed E-state index contributed by atoms with van der Waals surface area (Å²) in [6.45, 7) is 4.00. The number of hydrogen-bond acceptors (Lipinski definition) is 3. The van der Waals surface area contributed by atoms with Crippen LogP contribution in [0, 0.1) is 17.1 Å². The Morgan fingerprint density at radius 1 is 1.15 bits per heavy atom. The van der Waals surface area contributed by atoms with Gasteiger partial charge in [-0.1, -0.05) is 32.0 Å². The number of carboxylic acids is 1. The SMILES string of the molecule is CC.Cn1cc(C#N)c(-c2ccc(Oc3cccc(F)c3)cc2)c1C(=O)O. The molecule has 0 aliphatic heterocycles. The molecule has 1 aromatic heterocycles. The van der Waals surface area contributed by atoms with Gasteiger partial charge in [-0.15, -0.1) is 0 Å². The standard InChI is InChI=1S/C19H13FN2O3.C2H6/c1-22-11-13(10-21)17(18(22)19(23)24)12-5-7-15(8-6-12)25-16-4-2-3-14(20)9-16;1-2/h2-9,11H,1H3,(H,23,24);1-2H3. The largest absolute Gasteiger partial charge is 0.477 e. The Labute approximate surface area is 156 Å². The van der Waals surface area contributed by atoms with Gasteiger partial charge in [-0.25, -0.2) is 9.18 Å². The molecule has 0 fully saturated rings. The molecule has 27 heavy (non-hydrogen) atoms. The van der Waals surface area contributed by atoms with Gasteiger partial charge in [0.25, 0.3) is 0 Å². The molecule has 0 unspecified atom stereocenters. The van der Waals surface area contributed by atoms with E-state index in [0.29, 0.717) is 22.6 Å². The molecule has 0 bridgehead atoms. The van der Waals surface area contributed by atoms with Crippen molar-refractivity contribution in [1.82, 2.24) is 4.57 Å². The van der Waals surface area contributed by atoms with Gasteiger partial charge < -0.3 is 14.4 Å². The van der Waals surface area contributed by atoms with Gasteiger partial charge in [-0.2, -0.15) is 5.26 Å². The number of rotatable bonds is 4. The first-order valence-corrected chi connectivity index (χ1v) is 8.36. The van der Waals surface area contributed by atoms with E-state index in [2.05, 4.69) is 0 Å². The van der Waals surface area contributed by atoms with E-state index in [9.17, 15) is 19.6 Å². The molecule has 3 aromatic rings. The lowest BCUT2D eigenvalue weighted by molar-refractivity contribution is 0.0687. The van der Waals surface area contributed by atoms with Crippen LogP contribution in [-0.4, -0.2) is 15.6 Å². The molecule has 0 radical (unpaired) electrons. The van der Waals surface area contributed by atoms with Crippen LogP contribution in [0.15, 0.2) is 54.7 Å². The van der Waals surface area contributed by atoms with Crippen LogP contribution in [0.2, 0.25) is 0 Å². The van der Waals surface area contributed by atoms with Gasteiger partial charge in [-0.3, -0.25) is 0 Å². The summed E-state index contributed by atoms with van der Waals surface area (Å²) in [6, 6.07) is 14.4. The Morgan fingerprint density at radius 3 is 2.37 bits per heavy atom. The highest BCUT2D eigenvalue weighted by atomic mass is 19.1. The number of ether oxygens (including phenoxy) is 1. The van der Waals surface area contributed by atoms with E-state index >= 15 is 0 Å².